The van der Waals surface area contributed by atoms with E-state index in [-0.39, 0.29) is 0 Å². The van der Waals surface area contributed by atoms with Crippen LogP contribution in [0.5, 0.6) is 0 Å². The largest absolute Gasteiger partial charge is 0.264 e. The monoisotopic (exact) mass is 322 g/mol. The van der Waals surface area contributed by atoms with E-state index in [9.17, 15) is 4.91 Å². The van der Waals surface area contributed by atoms with E-state index in [4.69, 9.17) is 11.6 Å². The number of hydrogen-bond acceptors (Lipinski definition) is 3. The van der Waals surface area contributed by atoms with Crippen molar-refractivity contribution in [2.45, 2.75) is 12.5 Å². The third kappa shape index (κ3) is 3.63. The van der Waals surface area contributed by atoms with Crippen molar-refractivity contribution in [1.29, 1.82) is 0 Å². The molecule has 0 radical (unpaired) electrons. The maximum absolute atomic E-state index is 11.5. The molecular weight excluding hydrogens is 308 g/mol. The first-order chi connectivity index (χ1) is 11.3. The Balaban J connectivity index is 1.96. The molecule has 0 spiro atoms. The van der Waals surface area contributed by atoms with Gasteiger partial charge in [0.1, 0.15) is 6.04 Å². The standard InChI is InChI=1S/C19H15ClN2O/c20-17-9-7-14(8-10-17)12-15-4-1-2-6-18(15)19(22-23)16-5-3-11-21-13-16/h1-11,13,19H,12H2. The third-order valence-electron chi connectivity index (χ3n) is 3.76. The summed E-state index contributed by atoms with van der Waals surface area (Å²) in [7, 11) is 0. The molecule has 1 aromatic heterocycles. The fraction of sp³-hybridized carbons (Fsp3) is 0.105. The van der Waals surface area contributed by atoms with Crippen LogP contribution in [0.25, 0.3) is 0 Å². The lowest BCUT2D eigenvalue weighted by Gasteiger charge is -2.14. The van der Waals surface area contributed by atoms with E-state index < -0.39 is 6.04 Å². The Morgan fingerprint density at radius 1 is 1.00 bits per heavy atom. The summed E-state index contributed by atoms with van der Waals surface area (Å²) < 4.78 is 0. The number of rotatable bonds is 5. The molecule has 2 aromatic carbocycles. The van der Waals surface area contributed by atoms with E-state index >= 15 is 0 Å². The summed E-state index contributed by atoms with van der Waals surface area (Å²) in [5.41, 5.74) is 3.91. The molecule has 0 aliphatic heterocycles. The zero-order chi connectivity index (χ0) is 16.1. The maximum Gasteiger partial charge on any atom is 0.144 e. The zero-order valence-electron chi connectivity index (χ0n) is 12.4. The molecular formula is C19H15ClN2O. The number of hydrogen-bond donors (Lipinski definition) is 0. The predicted molar refractivity (Wildman–Crippen MR) is 92.6 cm³/mol. The van der Waals surface area contributed by atoms with Crippen molar-refractivity contribution < 1.29 is 0 Å². The molecule has 23 heavy (non-hydrogen) atoms. The number of halogens is 1. The highest BCUT2D eigenvalue weighted by Gasteiger charge is 2.18. The fourth-order valence-electron chi connectivity index (χ4n) is 2.62. The van der Waals surface area contributed by atoms with Gasteiger partial charge in [0.15, 0.2) is 0 Å². The number of aromatic nitrogens is 1. The SMILES string of the molecule is O=NC(c1cccnc1)c1ccccc1Cc1ccc(Cl)cc1. The Bertz CT molecular complexity index is 788. The summed E-state index contributed by atoms with van der Waals surface area (Å²) in [6, 6.07) is 18.7. The second-order valence-corrected chi connectivity index (χ2v) is 5.73. The van der Waals surface area contributed by atoms with Crippen LogP contribution in [-0.4, -0.2) is 4.98 Å². The molecule has 1 heterocycles. The van der Waals surface area contributed by atoms with Crippen LogP contribution >= 0.6 is 11.6 Å². The molecule has 4 heteroatoms. The molecule has 0 bridgehead atoms. The first-order valence-corrected chi connectivity index (χ1v) is 7.70. The quantitative estimate of drug-likeness (QED) is 0.607. The Morgan fingerprint density at radius 3 is 2.48 bits per heavy atom. The summed E-state index contributed by atoms with van der Waals surface area (Å²) in [6.07, 6.45) is 4.09. The smallest absolute Gasteiger partial charge is 0.144 e. The number of nitroso groups, excluding NO2 is 1. The van der Waals surface area contributed by atoms with Gasteiger partial charge in [-0.1, -0.05) is 59.2 Å². The maximum atomic E-state index is 11.5. The van der Waals surface area contributed by atoms with Crippen molar-refractivity contribution >= 4 is 11.6 Å². The second kappa shape index (κ2) is 7.16. The third-order valence-corrected chi connectivity index (χ3v) is 4.02. The molecule has 0 fully saturated rings. The van der Waals surface area contributed by atoms with Gasteiger partial charge in [-0.15, -0.1) is 4.91 Å². The van der Waals surface area contributed by atoms with Gasteiger partial charge in [0.25, 0.3) is 0 Å². The fourth-order valence-corrected chi connectivity index (χ4v) is 2.75. The van der Waals surface area contributed by atoms with Gasteiger partial charge >= 0.3 is 0 Å². The summed E-state index contributed by atoms with van der Waals surface area (Å²) in [6.45, 7) is 0. The van der Waals surface area contributed by atoms with Gasteiger partial charge in [-0.25, -0.2) is 0 Å². The van der Waals surface area contributed by atoms with E-state index in [1.54, 1.807) is 12.4 Å². The molecule has 3 aromatic rings. The molecule has 0 N–H and O–H groups in total. The van der Waals surface area contributed by atoms with Crippen molar-refractivity contribution in [3.63, 3.8) is 0 Å². The van der Waals surface area contributed by atoms with Crippen molar-refractivity contribution in [2.75, 3.05) is 0 Å². The van der Waals surface area contributed by atoms with Gasteiger partial charge in [0, 0.05) is 23.0 Å². The van der Waals surface area contributed by atoms with Crippen LogP contribution in [0.3, 0.4) is 0 Å². The molecule has 114 valence electrons. The van der Waals surface area contributed by atoms with Crippen molar-refractivity contribution in [3.05, 3.63) is 105 Å². The lowest BCUT2D eigenvalue weighted by Crippen LogP contribution is -2.03. The van der Waals surface area contributed by atoms with Gasteiger partial charge < -0.3 is 0 Å². The minimum absolute atomic E-state index is 0.549. The van der Waals surface area contributed by atoms with Gasteiger partial charge in [-0.3, -0.25) is 4.98 Å². The molecule has 0 aliphatic rings. The minimum Gasteiger partial charge on any atom is -0.264 e. The summed E-state index contributed by atoms with van der Waals surface area (Å²) in [5, 5.41) is 4.05. The lowest BCUT2D eigenvalue weighted by molar-refractivity contribution is 0.840. The number of pyridine rings is 1. The number of benzene rings is 2. The van der Waals surface area contributed by atoms with E-state index in [0.717, 1.165) is 28.7 Å². The van der Waals surface area contributed by atoms with Gasteiger partial charge in [0.05, 0.1) is 0 Å². The molecule has 0 saturated heterocycles. The Morgan fingerprint density at radius 2 is 1.78 bits per heavy atom. The average molecular weight is 323 g/mol. The molecule has 0 saturated carbocycles. The molecule has 1 unspecified atom stereocenters. The van der Waals surface area contributed by atoms with Crippen LogP contribution in [-0.2, 0) is 6.42 Å². The van der Waals surface area contributed by atoms with Crippen molar-refractivity contribution in [2.24, 2.45) is 5.18 Å². The minimum atomic E-state index is -0.549. The molecule has 3 nitrogen and oxygen atoms in total. The zero-order valence-corrected chi connectivity index (χ0v) is 13.1. The van der Waals surface area contributed by atoms with E-state index in [0.29, 0.717) is 5.02 Å². The highest BCUT2D eigenvalue weighted by atomic mass is 35.5. The van der Waals surface area contributed by atoms with Crippen LogP contribution in [0, 0.1) is 4.91 Å². The van der Waals surface area contributed by atoms with Crippen LogP contribution < -0.4 is 0 Å². The average Bonchev–Trinajstić information content (AvgIpc) is 2.60. The molecule has 0 aliphatic carbocycles. The Hall–Kier alpha value is -2.52. The highest BCUT2D eigenvalue weighted by molar-refractivity contribution is 6.30. The normalized spacial score (nSPS) is 11.9. The topological polar surface area (TPSA) is 42.3 Å². The van der Waals surface area contributed by atoms with E-state index in [1.807, 2.05) is 60.7 Å². The summed E-state index contributed by atoms with van der Waals surface area (Å²) in [4.78, 5) is 15.5. The van der Waals surface area contributed by atoms with Gasteiger partial charge in [-0.05, 0) is 41.3 Å². The first kappa shape index (κ1) is 15.4. The van der Waals surface area contributed by atoms with Gasteiger partial charge in [0.2, 0.25) is 0 Å². The van der Waals surface area contributed by atoms with Crippen LogP contribution in [0.4, 0.5) is 0 Å². The Labute approximate surface area is 139 Å². The highest BCUT2D eigenvalue weighted by Crippen LogP contribution is 2.29. The predicted octanol–water partition coefficient (Wildman–Crippen LogP) is 5.18. The van der Waals surface area contributed by atoms with Crippen molar-refractivity contribution in [3.8, 4) is 0 Å². The van der Waals surface area contributed by atoms with Crippen molar-refractivity contribution in [1.82, 2.24) is 4.98 Å². The van der Waals surface area contributed by atoms with Crippen LogP contribution in [0.1, 0.15) is 28.3 Å². The van der Waals surface area contributed by atoms with E-state index in [2.05, 4.69) is 10.2 Å². The van der Waals surface area contributed by atoms with Gasteiger partial charge in [-0.2, -0.15) is 0 Å². The first-order valence-electron chi connectivity index (χ1n) is 7.32. The Kier molecular flexibility index (Phi) is 4.79. The molecule has 3 rings (SSSR count). The summed E-state index contributed by atoms with van der Waals surface area (Å²) >= 11 is 5.94. The lowest BCUT2D eigenvalue weighted by atomic mass is 9.92. The van der Waals surface area contributed by atoms with Crippen LogP contribution in [0.15, 0.2) is 78.2 Å². The van der Waals surface area contributed by atoms with E-state index in [1.165, 1.54) is 0 Å². The second-order valence-electron chi connectivity index (χ2n) is 5.30. The molecule has 0 amide bonds. The van der Waals surface area contributed by atoms with Crippen LogP contribution in [0.2, 0.25) is 5.02 Å². The molecule has 1 atom stereocenters. The summed E-state index contributed by atoms with van der Waals surface area (Å²) in [5.74, 6) is 0. The number of nitrogens with zero attached hydrogens (tertiary/aromatic N) is 2.